The van der Waals surface area contributed by atoms with Crippen molar-refractivity contribution in [2.24, 2.45) is 0 Å². The quantitative estimate of drug-likeness (QED) is 0.517. The van der Waals surface area contributed by atoms with E-state index < -0.39 is 38.1 Å². The summed E-state index contributed by atoms with van der Waals surface area (Å²) in [5.74, 6) is -3.19. The first-order valence-electron chi connectivity index (χ1n) is 5.08. The van der Waals surface area contributed by atoms with Gasteiger partial charge in [-0.15, -0.1) is 0 Å². The molecule has 1 rings (SSSR count). The van der Waals surface area contributed by atoms with Crippen molar-refractivity contribution in [2.45, 2.75) is 18.7 Å². The Bertz CT molecular complexity index is 649. The van der Waals surface area contributed by atoms with Crippen molar-refractivity contribution in [2.75, 3.05) is 0 Å². The van der Waals surface area contributed by atoms with E-state index in [4.69, 9.17) is 14.8 Å². The molecule has 0 bridgehead atoms. The molecule has 0 aromatic heterocycles. The second kappa shape index (κ2) is 5.22. The van der Waals surface area contributed by atoms with Gasteiger partial charge in [-0.05, 0) is 0 Å². The number of carboxylic acid groups (broad SMARTS) is 2. The van der Waals surface area contributed by atoms with Gasteiger partial charge in [0.15, 0.2) is 0 Å². The van der Waals surface area contributed by atoms with Gasteiger partial charge in [-0.3, -0.25) is 0 Å². The molecule has 3 N–H and O–H groups in total. The van der Waals surface area contributed by atoms with E-state index in [1.807, 2.05) is 0 Å². The minimum atomic E-state index is -4.96. The van der Waals surface area contributed by atoms with Gasteiger partial charge in [-0.25, -0.2) is 0 Å². The third-order valence-electron chi connectivity index (χ3n) is 3.01. The molecule has 98 valence electrons. The molecule has 0 fully saturated rings. The summed E-state index contributed by atoms with van der Waals surface area (Å²) in [7, 11) is -4.96. The second-order valence-electron chi connectivity index (χ2n) is 4.04. The van der Waals surface area contributed by atoms with E-state index in [1.54, 1.807) is 0 Å². The molecule has 0 saturated heterocycles. The van der Waals surface area contributed by atoms with Crippen LogP contribution in [0.1, 0.15) is 31.8 Å². The molecule has 0 aliphatic heterocycles. The van der Waals surface area contributed by atoms with Gasteiger partial charge < -0.3 is 0 Å². The van der Waals surface area contributed by atoms with Crippen LogP contribution < -0.4 is 2.81 Å². The maximum atomic E-state index is 11.3. The molecule has 9 heteroatoms. The standard InChI is InChI=1S/C10H9O7S.Na/c1-4-3-5(2)7(10(13)14)8(18(15,16)17)6(4)9(11)12;/h1-2H3,(H,11,12)(H,13,14)(H,15,16,17);. The van der Waals surface area contributed by atoms with E-state index in [2.05, 4.69) is 0 Å². The van der Waals surface area contributed by atoms with Gasteiger partial charge in [-0.1, -0.05) is 0 Å². The summed E-state index contributed by atoms with van der Waals surface area (Å²) in [6.45, 7) is 2.78. The van der Waals surface area contributed by atoms with Crippen molar-refractivity contribution in [3.63, 3.8) is 0 Å². The minimum absolute atomic E-state index is 0.161. The zero-order chi connectivity index (χ0) is 15.1. The molecule has 0 atom stereocenters. The number of carboxylic acids is 2. The van der Waals surface area contributed by atoms with E-state index in [-0.39, 0.29) is 11.1 Å². The Kier molecular flexibility index (Phi) is 4.43. The van der Waals surface area contributed by atoms with Crippen LogP contribution in [0.15, 0.2) is 4.90 Å². The van der Waals surface area contributed by atoms with Gasteiger partial charge in [0.25, 0.3) is 0 Å². The fraction of sp³-hybridized carbons (Fsp3) is 0.200. The van der Waals surface area contributed by atoms with Crippen LogP contribution in [0.5, 0.6) is 0 Å². The van der Waals surface area contributed by atoms with Crippen molar-refractivity contribution in [3.8, 4) is 0 Å². The molecule has 7 nitrogen and oxygen atoms in total. The Morgan fingerprint density at radius 1 is 1.00 bits per heavy atom. The molecular formula is C10H9NaO7S. The van der Waals surface area contributed by atoms with Crippen LogP contribution in [0, 0.1) is 13.8 Å². The summed E-state index contributed by atoms with van der Waals surface area (Å²) in [6.07, 6.45) is 0. The van der Waals surface area contributed by atoms with Crippen LogP contribution in [-0.4, -0.2) is 63.1 Å². The molecule has 19 heavy (non-hydrogen) atoms. The zero-order valence-corrected chi connectivity index (χ0v) is 13.2. The molecular weight excluding hydrogens is 287 g/mol. The maximum absolute atomic E-state index is 11.3. The van der Waals surface area contributed by atoms with Gasteiger partial charge in [-0.2, -0.15) is 0 Å². The first-order valence-corrected chi connectivity index (χ1v) is 7.52. The first kappa shape index (κ1) is 16.1. The van der Waals surface area contributed by atoms with Crippen LogP contribution in [0.3, 0.4) is 0 Å². The normalized spacial score (nSPS) is 11.4. The summed E-state index contributed by atoms with van der Waals surface area (Å²) in [5.41, 5.74) is -1.05. The topological polar surface area (TPSA) is 129 Å². The van der Waals surface area contributed by atoms with Gasteiger partial charge >= 0.3 is 127 Å². The monoisotopic (exact) mass is 296 g/mol. The van der Waals surface area contributed by atoms with Crippen molar-refractivity contribution < 1.29 is 32.8 Å². The van der Waals surface area contributed by atoms with E-state index >= 15 is 0 Å². The molecule has 0 aliphatic carbocycles. The van der Waals surface area contributed by atoms with Crippen molar-refractivity contribution in [3.05, 3.63) is 22.3 Å². The average molecular weight is 296 g/mol. The molecule has 0 amide bonds. The Morgan fingerprint density at radius 3 is 1.53 bits per heavy atom. The summed E-state index contributed by atoms with van der Waals surface area (Å²) in [6, 6.07) is 0. The summed E-state index contributed by atoms with van der Waals surface area (Å²) in [5, 5.41) is 18.2. The van der Waals surface area contributed by atoms with E-state index in [1.165, 1.54) is 13.8 Å². The predicted molar refractivity (Wildman–Crippen MR) is 65.0 cm³/mol. The molecule has 0 spiro atoms. The molecule has 0 heterocycles. The van der Waals surface area contributed by atoms with Gasteiger partial charge in [0.05, 0.1) is 0 Å². The number of hydrogen-bond acceptors (Lipinski definition) is 4. The molecule has 1 aromatic rings. The third-order valence-corrected chi connectivity index (χ3v) is 5.44. The van der Waals surface area contributed by atoms with Crippen LogP contribution in [0.25, 0.3) is 0 Å². The second-order valence-corrected chi connectivity index (χ2v) is 6.40. The van der Waals surface area contributed by atoms with Crippen molar-refractivity contribution >= 4 is 52.8 Å². The molecule has 0 radical (unpaired) electrons. The van der Waals surface area contributed by atoms with Gasteiger partial charge in [0, 0.05) is 0 Å². The summed E-state index contributed by atoms with van der Waals surface area (Å²) < 4.78 is 32.3. The van der Waals surface area contributed by atoms with Gasteiger partial charge in [0.1, 0.15) is 0 Å². The summed E-state index contributed by atoms with van der Waals surface area (Å²) >= 11 is 0.349. The molecule has 0 saturated carbocycles. The number of benzene rings is 1. The van der Waals surface area contributed by atoms with Crippen molar-refractivity contribution in [1.29, 1.82) is 0 Å². The number of rotatable bonds is 3. The van der Waals surface area contributed by atoms with Crippen LogP contribution >= 0.6 is 0 Å². The van der Waals surface area contributed by atoms with Crippen molar-refractivity contribution in [1.82, 2.24) is 0 Å². The van der Waals surface area contributed by atoms with Crippen LogP contribution in [0.4, 0.5) is 0 Å². The zero-order valence-electron chi connectivity index (χ0n) is 10.4. The first-order chi connectivity index (χ1) is 8.50. The SMILES string of the molecule is Cc1[c]([Na])c(C)c(C(=O)O)c(S(=O)(=O)O)c1C(=O)O. The Morgan fingerprint density at radius 2 is 1.32 bits per heavy atom. The number of aromatic carboxylic acids is 2. The predicted octanol–water partition coefficient (Wildman–Crippen LogP) is -0.260. The molecule has 0 aliphatic rings. The molecule has 1 aromatic carbocycles. The van der Waals surface area contributed by atoms with Gasteiger partial charge in [0.2, 0.25) is 0 Å². The third kappa shape index (κ3) is 2.82. The fourth-order valence-electron chi connectivity index (χ4n) is 1.89. The van der Waals surface area contributed by atoms with Crippen LogP contribution in [-0.2, 0) is 10.1 Å². The number of carbonyl (C=O) groups is 2. The summed E-state index contributed by atoms with van der Waals surface area (Å²) in [4.78, 5) is 21.3. The Labute approximate surface area is 126 Å². The average Bonchev–Trinajstić information content (AvgIpc) is 2.22. The Balaban J connectivity index is 4.16. The Hall–Kier alpha value is -0.930. The van der Waals surface area contributed by atoms with E-state index in [0.29, 0.717) is 30.7 Å². The molecule has 0 unspecified atom stereocenters. The number of hydrogen-bond donors (Lipinski definition) is 3. The van der Waals surface area contributed by atoms with Crippen LogP contribution in [0.2, 0.25) is 0 Å². The van der Waals surface area contributed by atoms with E-state index in [9.17, 15) is 18.0 Å². The fourth-order valence-corrected chi connectivity index (χ4v) is 3.39. The van der Waals surface area contributed by atoms with E-state index in [0.717, 1.165) is 0 Å².